The summed E-state index contributed by atoms with van der Waals surface area (Å²) in [6, 6.07) is 7.91. The zero-order chi connectivity index (χ0) is 11.4. The van der Waals surface area contributed by atoms with Gasteiger partial charge in [0.25, 0.3) is 5.91 Å². The number of nitrogens with zero attached hydrogens (tertiary/aromatic N) is 1. The van der Waals surface area contributed by atoms with Crippen molar-refractivity contribution >= 4 is 5.91 Å². The third kappa shape index (κ3) is 2.82. The molecular weight excluding hydrogens is 186 g/mol. The lowest BCUT2D eigenvalue weighted by molar-refractivity contribution is 0.0827. The highest BCUT2D eigenvalue weighted by Gasteiger charge is 2.08. The largest absolute Gasteiger partial charge is 0.345 e. The molecule has 0 aliphatic heterocycles. The van der Waals surface area contributed by atoms with E-state index in [9.17, 15) is 4.79 Å². The van der Waals surface area contributed by atoms with Crippen LogP contribution < -0.4 is 0 Å². The van der Waals surface area contributed by atoms with Crippen LogP contribution in [0.5, 0.6) is 0 Å². The van der Waals surface area contributed by atoms with Crippen molar-refractivity contribution < 1.29 is 4.79 Å². The van der Waals surface area contributed by atoms with Gasteiger partial charge in [-0.15, -0.1) is 0 Å². The van der Waals surface area contributed by atoms with Crippen molar-refractivity contribution in [2.24, 2.45) is 0 Å². The van der Waals surface area contributed by atoms with Crippen molar-refractivity contribution in [1.82, 2.24) is 4.90 Å². The van der Waals surface area contributed by atoms with Crippen LogP contribution in [-0.2, 0) is 0 Å². The van der Waals surface area contributed by atoms with Crippen LogP contribution in [0.15, 0.2) is 24.3 Å². The molecule has 0 bridgehead atoms. The average Bonchev–Trinajstić information content (AvgIpc) is 2.27. The predicted octanol–water partition coefficient (Wildman–Crippen LogP) is 2.90. The van der Waals surface area contributed by atoms with E-state index < -0.39 is 0 Å². The molecule has 15 heavy (non-hydrogen) atoms. The Morgan fingerprint density at radius 1 is 1.27 bits per heavy atom. The standard InChI is InChI=1S/C13H19NO/c1-5-10(2)11-6-8-12(9-7-11)13(15)14(3)4/h6-10H,5H2,1-4H3. The minimum atomic E-state index is 0.0608. The van der Waals surface area contributed by atoms with Gasteiger partial charge in [0.05, 0.1) is 0 Å². The Morgan fingerprint density at radius 2 is 1.80 bits per heavy atom. The van der Waals surface area contributed by atoms with Gasteiger partial charge in [0.1, 0.15) is 0 Å². The molecule has 0 saturated carbocycles. The Balaban J connectivity index is 2.85. The zero-order valence-electron chi connectivity index (χ0n) is 9.95. The van der Waals surface area contributed by atoms with Crippen molar-refractivity contribution in [3.05, 3.63) is 35.4 Å². The van der Waals surface area contributed by atoms with E-state index >= 15 is 0 Å². The number of benzene rings is 1. The first-order valence-electron chi connectivity index (χ1n) is 5.37. The topological polar surface area (TPSA) is 20.3 Å². The van der Waals surface area contributed by atoms with E-state index in [1.807, 2.05) is 24.3 Å². The second-order valence-corrected chi connectivity index (χ2v) is 4.13. The van der Waals surface area contributed by atoms with Crippen LogP contribution in [0.4, 0.5) is 0 Å². The summed E-state index contributed by atoms with van der Waals surface area (Å²) in [6.45, 7) is 4.37. The lowest BCUT2D eigenvalue weighted by atomic mass is 9.97. The highest BCUT2D eigenvalue weighted by Crippen LogP contribution is 2.18. The maximum atomic E-state index is 11.6. The molecule has 2 heteroatoms. The molecule has 0 saturated heterocycles. The van der Waals surface area contributed by atoms with Gasteiger partial charge in [-0.05, 0) is 30.0 Å². The smallest absolute Gasteiger partial charge is 0.253 e. The van der Waals surface area contributed by atoms with E-state index in [1.54, 1.807) is 19.0 Å². The van der Waals surface area contributed by atoms with E-state index in [1.165, 1.54) is 5.56 Å². The third-order valence-corrected chi connectivity index (χ3v) is 2.75. The van der Waals surface area contributed by atoms with Crippen molar-refractivity contribution in [1.29, 1.82) is 0 Å². The van der Waals surface area contributed by atoms with Crippen molar-refractivity contribution in [2.75, 3.05) is 14.1 Å². The van der Waals surface area contributed by atoms with Gasteiger partial charge in [0.2, 0.25) is 0 Å². The van der Waals surface area contributed by atoms with Crippen LogP contribution >= 0.6 is 0 Å². The van der Waals surface area contributed by atoms with E-state index in [2.05, 4.69) is 13.8 Å². The summed E-state index contributed by atoms with van der Waals surface area (Å²) in [5.41, 5.74) is 2.06. The summed E-state index contributed by atoms with van der Waals surface area (Å²) in [5.74, 6) is 0.624. The Bertz CT molecular complexity index is 327. The molecule has 2 nitrogen and oxygen atoms in total. The molecule has 0 spiro atoms. The minimum absolute atomic E-state index is 0.0608. The van der Waals surface area contributed by atoms with Crippen LogP contribution in [-0.4, -0.2) is 24.9 Å². The predicted molar refractivity (Wildman–Crippen MR) is 63.2 cm³/mol. The number of carbonyl (C=O) groups excluding carboxylic acids is 1. The molecular formula is C13H19NO. The number of rotatable bonds is 3. The Labute approximate surface area is 91.9 Å². The van der Waals surface area contributed by atoms with Crippen LogP contribution in [0.2, 0.25) is 0 Å². The van der Waals surface area contributed by atoms with Gasteiger partial charge >= 0.3 is 0 Å². The molecule has 1 atom stereocenters. The average molecular weight is 205 g/mol. The van der Waals surface area contributed by atoms with Gasteiger partial charge < -0.3 is 4.90 Å². The molecule has 0 radical (unpaired) electrons. The molecule has 0 N–H and O–H groups in total. The van der Waals surface area contributed by atoms with Gasteiger partial charge in [0.15, 0.2) is 0 Å². The quantitative estimate of drug-likeness (QED) is 0.743. The molecule has 82 valence electrons. The summed E-state index contributed by atoms with van der Waals surface area (Å²) in [6.07, 6.45) is 1.13. The number of hydrogen-bond donors (Lipinski definition) is 0. The fourth-order valence-corrected chi connectivity index (χ4v) is 1.45. The van der Waals surface area contributed by atoms with Crippen molar-refractivity contribution in [3.8, 4) is 0 Å². The third-order valence-electron chi connectivity index (χ3n) is 2.75. The lowest BCUT2D eigenvalue weighted by Gasteiger charge is -2.12. The Hall–Kier alpha value is -1.31. The second-order valence-electron chi connectivity index (χ2n) is 4.13. The van der Waals surface area contributed by atoms with E-state index in [-0.39, 0.29) is 5.91 Å². The highest BCUT2D eigenvalue weighted by atomic mass is 16.2. The molecule has 1 amide bonds. The highest BCUT2D eigenvalue weighted by molar-refractivity contribution is 5.93. The Kier molecular flexibility index (Phi) is 3.89. The number of hydrogen-bond acceptors (Lipinski definition) is 1. The second kappa shape index (κ2) is 4.96. The Morgan fingerprint density at radius 3 is 2.20 bits per heavy atom. The number of amides is 1. The molecule has 1 aromatic rings. The summed E-state index contributed by atoms with van der Waals surface area (Å²) >= 11 is 0. The molecule has 1 unspecified atom stereocenters. The van der Waals surface area contributed by atoms with Crippen LogP contribution in [0.1, 0.15) is 42.1 Å². The number of carbonyl (C=O) groups is 1. The maximum Gasteiger partial charge on any atom is 0.253 e. The monoisotopic (exact) mass is 205 g/mol. The molecule has 0 heterocycles. The first kappa shape index (κ1) is 11.8. The fraction of sp³-hybridized carbons (Fsp3) is 0.462. The van der Waals surface area contributed by atoms with Gasteiger partial charge in [-0.3, -0.25) is 4.79 Å². The summed E-state index contributed by atoms with van der Waals surface area (Å²) in [4.78, 5) is 13.2. The molecule has 1 aromatic carbocycles. The summed E-state index contributed by atoms with van der Waals surface area (Å²) < 4.78 is 0. The molecule has 0 fully saturated rings. The lowest BCUT2D eigenvalue weighted by Crippen LogP contribution is -2.21. The summed E-state index contributed by atoms with van der Waals surface area (Å²) in [7, 11) is 3.54. The maximum absolute atomic E-state index is 11.6. The van der Waals surface area contributed by atoms with Crippen LogP contribution in [0.3, 0.4) is 0 Å². The molecule has 0 aliphatic carbocycles. The zero-order valence-corrected chi connectivity index (χ0v) is 9.95. The minimum Gasteiger partial charge on any atom is -0.345 e. The first-order valence-corrected chi connectivity index (χ1v) is 5.37. The van der Waals surface area contributed by atoms with E-state index in [0.29, 0.717) is 5.92 Å². The van der Waals surface area contributed by atoms with Crippen molar-refractivity contribution in [3.63, 3.8) is 0 Å². The SMILES string of the molecule is CCC(C)c1ccc(C(=O)N(C)C)cc1. The van der Waals surface area contributed by atoms with Crippen LogP contribution in [0.25, 0.3) is 0 Å². The fourth-order valence-electron chi connectivity index (χ4n) is 1.45. The van der Waals surface area contributed by atoms with Gasteiger partial charge in [-0.2, -0.15) is 0 Å². The first-order chi connectivity index (χ1) is 7.06. The van der Waals surface area contributed by atoms with E-state index in [4.69, 9.17) is 0 Å². The molecule has 0 aliphatic rings. The van der Waals surface area contributed by atoms with E-state index in [0.717, 1.165) is 12.0 Å². The molecule has 1 rings (SSSR count). The van der Waals surface area contributed by atoms with Crippen molar-refractivity contribution in [2.45, 2.75) is 26.2 Å². The molecule has 0 aromatic heterocycles. The normalized spacial score (nSPS) is 12.3. The van der Waals surface area contributed by atoms with Gasteiger partial charge in [-0.25, -0.2) is 0 Å². The van der Waals surface area contributed by atoms with Gasteiger partial charge in [0, 0.05) is 19.7 Å². The summed E-state index contributed by atoms with van der Waals surface area (Å²) in [5, 5.41) is 0. The van der Waals surface area contributed by atoms with Crippen LogP contribution in [0, 0.1) is 0 Å². The van der Waals surface area contributed by atoms with Gasteiger partial charge in [-0.1, -0.05) is 26.0 Å².